The normalized spacial score (nSPS) is 16.4. The third-order valence-corrected chi connectivity index (χ3v) is 3.85. The number of carbonyl (C=O) groups is 1. The number of nitrogens with one attached hydrogen (secondary N) is 1. The van der Waals surface area contributed by atoms with Gasteiger partial charge in [-0.25, -0.2) is 0 Å². The van der Waals surface area contributed by atoms with E-state index in [2.05, 4.69) is 5.32 Å². The van der Waals surface area contributed by atoms with Crippen molar-refractivity contribution in [2.45, 2.75) is 32.2 Å². The Bertz CT molecular complexity index is 503. The van der Waals surface area contributed by atoms with Crippen LogP contribution in [0.15, 0.2) is 30.3 Å². The molecule has 1 saturated carbocycles. The van der Waals surface area contributed by atoms with E-state index >= 15 is 0 Å². The number of rotatable bonds is 7. The Morgan fingerprint density at radius 1 is 1.43 bits per heavy atom. The maximum Gasteiger partial charge on any atom is 0.244 e. The first-order chi connectivity index (χ1) is 10.1. The van der Waals surface area contributed by atoms with Crippen LogP contribution in [-0.4, -0.2) is 30.8 Å². The monoisotopic (exact) mass is 289 g/mol. The molecule has 4 nitrogen and oxygen atoms in total. The van der Waals surface area contributed by atoms with Gasteiger partial charge in [0.25, 0.3) is 0 Å². The zero-order chi connectivity index (χ0) is 15.2. The second kappa shape index (κ2) is 7.27. The fourth-order valence-corrected chi connectivity index (χ4v) is 2.42. The van der Waals surface area contributed by atoms with Gasteiger partial charge < -0.3 is 15.2 Å². The molecule has 1 aliphatic rings. The van der Waals surface area contributed by atoms with Crippen molar-refractivity contribution >= 4 is 11.5 Å². The minimum Gasteiger partial charge on any atom is -0.497 e. The zero-order valence-electron chi connectivity index (χ0n) is 12.6. The second-order valence-corrected chi connectivity index (χ2v) is 5.52. The van der Waals surface area contributed by atoms with Gasteiger partial charge in [0.05, 0.1) is 7.11 Å². The van der Waals surface area contributed by atoms with Crippen LogP contribution in [0.5, 0.6) is 5.75 Å². The van der Waals surface area contributed by atoms with Crippen LogP contribution in [-0.2, 0) is 4.79 Å². The Morgan fingerprint density at radius 2 is 2.10 bits per heavy atom. The molecule has 4 heteroatoms. The molecule has 0 radical (unpaired) electrons. The number of benzene rings is 1. The number of amides is 1. The lowest BCUT2D eigenvalue weighted by atomic mass is 10.1. The summed E-state index contributed by atoms with van der Waals surface area (Å²) in [6.45, 7) is 2.03. The van der Waals surface area contributed by atoms with E-state index < -0.39 is 0 Å². The first-order valence-electron chi connectivity index (χ1n) is 7.38. The highest BCUT2D eigenvalue weighted by Crippen LogP contribution is 2.33. The van der Waals surface area contributed by atoms with Crippen LogP contribution in [0.4, 0.5) is 0 Å². The fraction of sp³-hybridized carbons (Fsp3) is 0.471. The Balaban J connectivity index is 1.97. The van der Waals surface area contributed by atoms with E-state index in [9.17, 15) is 4.79 Å². The molecule has 1 atom stereocenters. The molecule has 1 amide bonds. The van der Waals surface area contributed by atoms with E-state index in [1.165, 1.54) is 0 Å². The molecular formula is C17H23NO3. The molecule has 1 unspecified atom stereocenters. The largest absolute Gasteiger partial charge is 0.497 e. The van der Waals surface area contributed by atoms with Crippen molar-refractivity contribution in [1.29, 1.82) is 0 Å². The molecule has 1 aromatic rings. The maximum absolute atomic E-state index is 12.1. The topological polar surface area (TPSA) is 58.6 Å². The molecule has 21 heavy (non-hydrogen) atoms. The van der Waals surface area contributed by atoms with Crippen LogP contribution < -0.4 is 10.1 Å². The number of hydrogen-bond acceptors (Lipinski definition) is 3. The first-order valence-corrected chi connectivity index (χ1v) is 7.38. The number of methoxy groups -OCH3 is 1. The summed E-state index contributed by atoms with van der Waals surface area (Å²) in [4.78, 5) is 12.1. The van der Waals surface area contributed by atoms with Gasteiger partial charge in [-0.05, 0) is 55.4 Å². The van der Waals surface area contributed by atoms with Crippen LogP contribution in [0.25, 0.3) is 5.57 Å². The van der Waals surface area contributed by atoms with Gasteiger partial charge in [0.2, 0.25) is 5.91 Å². The average molecular weight is 289 g/mol. The van der Waals surface area contributed by atoms with Crippen molar-refractivity contribution in [3.8, 4) is 5.75 Å². The molecule has 0 saturated heterocycles. The second-order valence-electron chi connectivity index (χ2n) is 5.52. The molecule has 0 heterocycles. The van der Waals surface area contributed by atoms with Gasteiger partial charge in [0.1, 0.15) is 5.75 Å². The summed E-state index contributed by atoms with van der Waals surface area (Å²) in [5, 5.41) is 12.1. The summed E-state index contributed by atoms with van der Waals surface area (Å²) in [6.07, 6.45) is 4.54. The van der Waals surface area contributed by atoms with Gasteiger partial charge in [-0.15, -0.1) is 0 Å². The van der Waals surface area contributed by atoms with Crippen LogP contribution >= 0.6 is 0 Å². The van der Waals surface area contributed by atoms with Crippen molar-refractivity contribution in [3.05, 3.63) is 35.9 Å². The highest BCUT2D eigenvalue weighted by atomic mass is 16.5. The zero-order valence-corrected chi connectivity index (χ0v) is 12.6. The van der Waals surface area contributed by atoms with Gasteiger partial charge in [-0.1, -0.05) is 12.1 Å². The van der Waals surface area contributed by atoms with Gasteiger partial charge in [0.15, 0.2) is 0 Å². The lowest BCUT2D eigenvalue weighted by Crippen LogP contribution is -2.36. The summed E-state index contributed by atoms with van der Waals surface area (Å²) in [5.41, 5.74) is 1.91. The van der Waals surface area contributed by atoms with Crippen LogP contribution in [0, 0.1) is 5.92 Å². The molecule has 0 bridgehead atoms. The number of ether oxygens (including phenoxy) is 1. The van der Waals surface area contributed by atoms with Gasteiger partial charge in [-0.2, -0.15) is 0 Å². The highest BCUT2D eigenvalue weighted by molar-refractivity contribution is 5.95. The van der Waals surface area contributed by atoms with Crippen LogP contribution in [0.3, 0.4) is 0 Å². The van der Waals surface area contributed by atoms with E-state index in [0.717, 1.165) is 29.7 Å². The molecule has 2 N–H and O–H groups in total. The van der Waals surface area contributed by atoms with Gasteiger partial charge in [0, 0.05) is 18.7 Å². The Morgan fingerprint density at radius 3 is 2.62 bits per heavy atom. The van der Waals surface area contributed by atoms with Crippen molar-refractivity contribution in [2.24, 2.45) is 5.92 Å². The standard InChI is InChI=1S/C17H23NO3/c1-12(13-5-7-15(21-2)8-6-13)11-17(20)18-16(9-10-19)14-3-4-14/h5-8,11,14,16,19H,3-4,9-10H2,1-2H3,(H,18,20)/b12-11+. The predicted molar refractivity (Wildman–Crippen MR) is 83.0 cm³/mol. The van der Waals surface area contributed by atoms with Crippen molar-refractivity contribution in [2.75, 3.05) is 13.7 Å². The predicted octanol–water partition coefficient (Wildman–Crippen LogP) is 2.38. The molecule has 0 aliphatic heterocycles. The molecule has 0 spiro atoms. The maximum atomic E-state index is 12.1. The number of carbonyl (C=O) groups excluding carboxylic acids is 1. The minimum absolute atomic E-state index is 0.0892. The van der Waals surface area contributed by atoms with E-state index in [4.69, 9.17) is 9.84 Å². The molecule has 0 aromatic heterocycles. The molecule has 114 valence electrons. The van der Waals surface area contributed by atoms with Gasteiger partial charge >= 0.3 is 0 Å². The SMILES string of the molecule is COc1ccc(/C(C)=C/C(=O)NC(CCO)C2CC2)cc1. The Kier molecular flexibility index (Phi) is 5.39. The lowest BCUT2D eigenvalue weighted by Gasteiger charge is -2.16. The van der Waals surface area contributed by atoms with Crippen LogP contribution in [0.2, 0.25) is 0 Å². The lowest BCUT2D eigenvalue weighted by molar-refractivity contribution is -0.117. The number of hydrogen-bond donors (Lipinski definition) is 2. The number of allylic oxidation sites excluding steroid dienone is 1. The fourth-order valence-electron chi connectivity index (χ4n) is 2.42. The van der Waals surface area contributed by atoms with Crippen molar-refractivity contribution < 1.29 is 14.6 Å². The van der Waals surface area contributed by atoms with E-state index in [1.54, 1.807) is 13.2 Å². The molecule has 1 aliphatic carbocycles. The summed E-state index contributed by atoms with van der Waals surface area (Å²) < 4.78 is 5.12. The summed E-state index contributed by atoms with van der Waals surface area (Å²) in [6, 6.07) is 7.73. The van der Waals surface area contributed by atoms with E-state index in [1.807, 2.05) is 31.2 Å². The Hall–Kier alpha value is -1.81. The van der Waals surface area contributed by atoms with Crippen molar-refractivity contribution in [3.63, 3.8) is 0 Å². The smallest absolute Gasteiger partial charge is 0.244 e. The molecule has 2 rings (SSSR count). The third-order valence-electron chi connectivity index (χ3n) is 3.85. The van der Waals surface area contributed by atoms with Crippen molar-refractivity contribution in [1.82, 2.24) is 5.32 Å². The Labute approximate surface area is 125 Å². The minimum atomic E-state index is -0.0892. The molecule has 1 fully saturated rings. The summed E-state index contributed by atoms with van der Waals surface area (Å²) in [5.74, 6) is 1.25. The number of aliphatic hydroxyl groups excluding tert-OH is 1. The summed E-state index contributed by atoms with van der Waals surface area (Å²) in [7, 11) is 1.63. The quantitative estimate of drug-likeness (QED) is 0.758. The van der Waals surface area contributed by atoms with Crippen LogP contribution in [0.1, 0.15) is 31.7 Å². The molecular weight excluding hydrogens is 266 g/mol. The van der Waals surface area contributed by atoms with E-state index in [-0.39, 0.29) is 18.6 Å². The molecule has 1 aromatic carbocycles. The third kappa shape index (κ3) is 4.60. The van der Waals surface area contributed by atoms with E-state index in [0.29, 0.717) is 12.3 Å². The summed E-state index contributed by atoms with van der Waals surface area (Å²) >= 11 is 0. The van der Waals surface area contributed by atoms with Gasteiger partial charge in [-0.3, -0.25) is 4.79 Å². The first kappa shape index (κ1) is 15.6. The number of aliphatic hydroxyl groups is 1. The average Bonchev–Trinajstić information content (AvgIpc) is 3.31. The highest BCUT2D eigenvalue weighted by Gasteiger charge is 2.31.